The van der Waals surface area contributed by atoms with E-state index in [1.54, 1.807) is 60.7 Å². The maximum atomic E-state index is 15.5. The molecule has 1 aromatic heterocycles. The molecule has 3 heterocycles. The minimum absolute atomic E-state index is 0.0198. The number of unbranched alkanes of at least 4 members (excludes halogenated alkanes) is 1. The Morgan fingerprint density at radius 3 is 1.66 bits per heavy atom. The molecular formula is C82H105ClN18O15. The van der Waals surface area contributed by atoms with Crippen molar-refractivity contribution in [2.75, 3.05) is 36.9 Å². The molecule has 0 saturated carbocycles. The second kappa shape index (κ2) is 44.1. The van der Waals surface area contributed by atoms with E-state index in [0.29, 0.717) is 70.8 Å². The molecule has 19 N–H and O–H groups in total. The summed E-state index contributed by atoms with van der Waals surface area (Å²) in [5, 5.41) is 51.8. The summed E-state index contributed by atoms with van der Waals surface area (Å²) in [6.45, 7) is 10.0. The maximum Gasteiger partial charge on any atom is 0.322 e. The summed E-state index contributed by atoms with van der Waals surface area (Å²) in [5.41, 5.74) is 14.1. The van der Waals surface area contributed by atoms with E-state index < -0.39 is 156 Å². The van der Waals surface area contributed by atoms with Crippen LogP contribution in [0.3, 0.4) is 0 Å². The van der Waals surface area contributed by atoms with E-state index >= 15 is 9.59 Å². The first-order valence-corrected chi connectivity index (χ1v) is 39.1. The van der Waals surface area contributed by atoms with Gasteiger partial charge in [0, 0.05) is 86.6 Å². The van der Waals surface area contributed by atoms with E-state index in [1.807, 2.05) is 70.2 Å². The average Bonchev–Trinajstić information content (AvgIpc) is 1.78. The van der Waals surface area contributed by atoms with Crippen LogP contribution in [-0.4, -0.2) is 197 Å². The summed E-state index contributed by atoms with van der Waals surface area (Å²) < 4.78 is 0. The number of rotatable bonds is 42. The lowest BCUT2D eigenvalue weighted by molar-refractivity contribution is -0.142. The Bertz CT molecular complexity index is 4430. The largest absolute Gasteiger partial charge is 0.394 e. The highest BCUT2D eigenvalue weighted by Gasteiger charge is 2.40. The second-order valence-electron chi connectivity index (χ2n) is 29.8. The number of carbonyl (C=O) groups excluding carboxylic acids is 14. The number of imide groups is 1. The fourth-order valence-electron chi connectivity index (χ4n) is 13.5. The van der Waals surface area contributed by atoms with Crippen LogP contribution < -0.4 is 85.9 Å². The van der Waals surface area contributed by atoms with Gasteiger partial charge in [-0.15, -0.1) is 0 Å². The third-order valence-corrected chi connectivity index (χ3v) is 19.8. The van der Waals surface area contributed by atoms with Crippen LogP contribution in [0.5, 0.6) is 0 Å². The van der Waals surface area contributed by atoms with E-state index in [-0.39, 0.29) is 82.1 Å². The zero-order chi connectivity index (χ0) is 84.1. The number of aromatic nitrogens is 1. The summed E-state index contributed by atoms with van der Waals surface area (Å²) in [5.74, 6) is -9.02. The van der Waals surface area contributed by atoms with Crippen molar-refractivity contribution in [2.45, 2.75) is 191 Å². The van der Waals surface area contributed by atoms with Crippen molar-refractivity contribution < 1.29 is 72.2 Å². The van der Waals surface area contributed by atoms with Crippen molar-refractivity contribution in [2.24, 2.45) is 17.4 Å². The molecule has 0 unspecified atom stereocenters. The third-order valence-electron chi connectivity index (χ3n) is 19.5. The van der Waals surface area contributed by atoms with Gasteiger partial charge in [-0.25, -0.2) is 9.59 Å². The van der Waals surface area contributed by atoms with Gasteiger partial charge in [-0.2, -0.15) is 0 Å². The van der Waals surface area contributed by atoms with Gasteiger partial charge < -0.3 is 90.6 Å². The van der Waals surface area contributed by atoms with Crippen LogP contribution in [0.15, 0.2) is 140 Å². The minimum Gasteiger partial charge on any atom is -0.394 e. The lowest BCUT2D eigenvalue weighted by Gasteiger charge is -2.31. The van der Waals surface area contributed by atoms with Crippen molar-refractivity contribution in [3.05, 3.63) is 173 Å². The first-order chi connectivity index (χ1) is 55.4. The van der Waals surface area contributed by atoms with Crippen LogP contribution in [0.1, 0.15) is 114 Å². The van der Waals surface area contributed by atoms with Gasteiger partial charge in [0.05, 0.1) is 19.1 Å². The summed E-state index contributed by atoms with van der Waals surface area (Å²) in [7, 11) is 0. The number of benzene rings is 5. The number of hydrogen-bond donors (Lipinski definition) is 17. The Labute approximate surface area is 677 Å². The predicted octanol–water partition coefficient (Wildman–Crippen LogP) is 1.99. The highest BCUT2D eigenvalue weighted by Crippen LogP contribution is 2.23. The summed E-state index contributed by atoms with van der Waals surface area (Å²) in [6, 6.07) is 19.9. The quantitative estimate of drug-likeness (QED) is 0.0244. The molecule has 11 atom stereocenters. The highest BCUT2D eigenvalue weighted by molar-refractivity contribution is 6.30. The number of amides is 16. The number of primary amides is 2. The number of carbonyl (C=O) groups is 14. The number of hydrogen-bond acceptors (Lipinski definition) is 18. The molecule has 0 aliphatic carbocycles. The first kappa shape index (κ1) is 89.6. The SMILES string of the molecule is CC(=O)N[C@H](Cc1ccc2ccccc2c1)C(=O)N[C@H](Cc1ccc(Cl)cc1)C(=O)N[C@H](Cc1cccnc1)C(=O)N[C@@H](CO)C(=O)N[C@@H](Cc1ccc(NC(=O)[C@@H]2CC(=O)NC(=O)N2)cc1)C(=O)N[C@@H](CN[C@@H](CC(C)C)C(=O)N[C@@H](CCCCNC(C)C)C(=O)N1CCC[C@H]1C(=O)N[C@H](C)C(N)=O)Cc1ccc(NC(N)=O)cc1. The minimum atomic E-state index is -1.85. The fraction of sp³-hybridized carbons (Fsp3) is 0.427. The molecular weight excluding hydrogens is 1510 g/mol. The lowest BCUT2D eigenvalue weighted by Crippen LogP contribution is -2.61. The van der Waals surface area contributed by atoms with Crippen molar-refractivity contribution in [1.29, 1.82) is 0 Å². The first-order valence-electron chi connectivity index (χ1n) is 38.7. The molecule has 6 aromatic rings. The number of pyridine rings is 1. The molecule has 5 aromatic carbocycles. The van der Waals surface area contributed by atoms with Crippen LogP contribution in [0.2, 0.25) is 5.02 Å². The lowest BCUT2D eigenvalue weighted by atomic mass is 9.99. The van der Waals surface area contributed by atoms with Crippen molar-refractivity contribution >= 4 is 117 Å². The molecule has 0 spiro atoms. The van der Waals surface area contributed by atoms with E-state index in [9.17, 15) is 62.6 Å². The Morgan fingerprint density at radius 2 is 1.09 bits per heavy atom. The number of likely N-dealkylation sites (tertiary alicyclic amines) is 1. The molecule has 2 aliphatic rings. The van der Waals surface area contributed by atoms with Crippen molar-refractivity contribution in [1.82, 2.24) is 73.7 Å². The molecule has 2 fully saturated rings. The maximum absolute atomic E-state index is 15.5. The van der Waals surface area contributed by atoms with Crippen LogP contribution >= 0.6 is 11.6 Å². The van der Waals surface area contributed by atoms with E-state index in [0.717, 1.165) is 10.8 Å². The number of fused-ring (bicyclic) bond motifs is 1. The topological polar surface area (TPSA) is 496 Å². The molecule has 116 heavy (non-hydrogen) atoms. The molecule has 8 rings (SSSR count). The molecule has 16 amide bonds. The number of urea groups is 2. The number of halogens is 1. The summed E-state index contributed by atoms with van der Waals surface area (Å²) in [6.07, 6.45) is 4.20. The molecule has 0 radical (unpaired) electrons. The number of aliphatic hydroxyl groups is 1. The van der Waals surface area contributed by atoms with Crippen LogP contribution in [0.25, 0.3) is 10.8 Å². The monoisotopic (exact) mass is 1620 g/mol. The average molecular weight is 1620 g/mol. The van der Waals surface area contributed by atoms with Gasteiger partial charge in [-0.05, 0) is 145 Å². The van der Waals surface area contributed by atoms with E-state index in [1.165, 1.54) is 55.4 Å². The standard InChI is InChI=1S/C82H105ClN18O15/c1-46(2)35-62(72(106)94-61(16-9-10-33-87-47(3)4)80(114)101-34-12-17-69(101)79(113)89-48(5)71(84)105)88-44-60(37-50-21-30-59(31-22-50)93-81(85)115)92-73(107)64(39-52-23-28-58(29-24-52)91-74(108)67-42-70(104)100-82(116)99-67)97-78(112)68(45-102)98-77(111)66(41-54-13-11-32-86-43-54)96-76(110)65(38-51-19-26-57(83)27-20-51)95-75(109)63(90-49(6)103)40-53-18-25-55-14-7-8-15-56(55)36-53/h7-8,11,13-15,18-32,36,43,46-48,60-69,87-88,102H,9-10,12,16-17,33-35,37-42,44-45H2,1-6H3,(H2,84,105)(H,89,113)(H,90,103)(H,91,108)(H,92,107)(H,94,106)(H,95,109)(H,96,110)(H,97,112)(H,98,111)(H3,85,93,115)(H2,99,100,104,116)/t48-,60-,61+,62+,63-,64+,65-,66-,67+,68+,69+/m1/s1. The number of nitrogens with zero attached hydrogens (tertiary/aromatic N) is 2. The van der Waals surface area contributed by atoms with Crippen LogP contribution in [0.4, 0.5) is 21.0 Å². The number of aliphatic hydroxyl groups excluding tert-OH is 1. The van der Waals surface area contributed by atoms with Gasteiger partial charge >= 0.3 is 12.1 Å². The fourth-order valence-corrected chi connectivity index (χ4v) is 13.6. The van der Waals surface area contributed by atoms with Crippen molar-refractivity contribution in [3.8, 4) is 0 Å². The second-order valence-corrected chi connectivity index (χ2v) is 30.2. The van der Waals surface area contributed by atoms with E-state index in [4.69, 9.17) is 23.1 Å². The molecule has 33 nitrogen and oxygen atoms in total. The van der Waals surface area contributed by atoms with Crippen molar-refractivity contribution in [3.63, 3.8) is 0 Å². The van der Waals surface area contributed by atoms with Gasteiger partial charge in [0.1, 0.15) is 54.4 Å². The van der Waals surface area contributed by atoms with E-state index in [2.05, 4.69) is 79.4 Å². The smallest absolute Gasteiger partial charge is 0.322 e. The predicted molar refractivity (Wildman–Crippen MR) is 434 cm³/mol. The molecule has 2 aliphatic heterocycles. The Morgan fingerprint density at radius 1 is 0.560 bits per heavy atom. The van der Waals surface area contributed by atoms with Gasteiger partial charge in [0.2, 0.25) is 70.9 Å². The summed E-state index contributed by atoms with van der Waals surface area (Å²) >= 11 is 6.27. The Hall–Kier alpha value is -11.9. The third kappa shape index (κ3) is 28.6. The number of nitrogens with two attached hydrogens (primary N) is 2. The molecule has 2 saturated heterocycles. The highest BCUT2D eigenvalue weighted by atomic mass is 35.5. The molecule has 34 heteroatoms. The Kier molecular flexibility index (Phi) is 34.0. The van der Waals surface area contributed by atoms with Crippen LogP contribution in [0, 0.1) is 5.92 Å². The molecule has 0 bridgehead atoms. The number of anilines is 2. The van der Waals surface area contributed by atoms with Gasteiger partial charge in [-0.3, -0.25) is 67.8 Å². The van der Waals surface area contributed by atoms with Gasteiger partial charge in [0.15, 0.2) is 0 Å². The van der Waals surface area contributed by atoms with Crippen LogP contribution in [-0.2, 0) is 89.6 Å². The van der Waals surface area contributed by atoms with Gasteiger partial charge in [0.25, 0.3) is 0 Å². The molecule has 620 valence electrons. The zero-order valence-electron chi connectivity index (χ0n) is 65.7. The number of nitrogens with one attached hydrogen (secondary N) is 14. The summed E-state index contributed by atoms with van der Waals surface area (Å²) in [4.78, 5) is 198. The van der Waals surface area contributed by atoms with Gasteiger partial charge in [-0.1, -0.05) is 124 Å². The Balaban J connectivity index is 1.08. The normalized spacial score (nSPS) is 16.2. The zero-order valence-corrected chi connectivity index (χ0v) is 66.4.